The Labute approximate surface area is 110 Å². The molecule has 92 valence electrons. The number of nitrogen functional groups attached to an aromatic ring is 1. The van der Waals surface area contributed by atoms with Crippen LogP contribution in [0.5, 0.6) is 0 Å². The Balaban J connectivity index is 2.18. The summed E-state index contributed by atoms with van der Waals surface area (Å²) in [4.78, 5) is 15.9. The van der Waals surface area contributed by atoms with Crippen molar-refractivity contribution in [3.8, 4) is 0 Å². The summed E-state index contributed by atoms with van der Waals surface area (Å²) in [6.07, 6.45) is 1.45. The van der Waals surface area contributed by atoms with Crippen molar-refractivity contribution < 1.29 is 4.79 Å². The Hall–Kier alpha value is -2.07. The molecule has 0 aliphatic heterocycles. The van der Waals surface area contributed by atoms with Gasteiger partial charge in [0.25, 0.3) is 5.91 Å². The Bertz CT molecular complexity index is 581. The van der Waals surface area contributed by atoms with Crippen LogP contribution in [0.15, 0.2) is 36.5 Å². The number of rotatable bonds is 2. The molecule has 1 amide bonds. The second-order valence-corrected chi connectivity index (χ2v) is 4.33. The molecule has 0 atom stereocenters. The SMILES string of the molecule is Cc1cc(Cl)ccc1NC(=O)c1ccc(N)cn1. The van der Waals surface area contributed by atoms with E-state index in [-0.39, 0.29) is 5.91 Å². The molecular weight excluding hydrogens is 250 g/mol. The molecular formula is C13H12ClN3O. The predicted octanol–water partition coefficient (Wildman–Crippen LogP) is 2.88. The zero-order chi connectivity index (χ0) is 13.1. The molecule has 0 aliphatic rings. The minimum absolute atomic E-state index is 0.277. The van der Waals surface area contributed by atoms with Gasteiger partial charge in [-0.2, -0.15) is 0 Å². The first-order valence-corrected chi connectivity index (χ1v) is 5.73. The summed E-state index contributed by atoms with van der Waals surface area (Å²) >= 11 is 5.85. The van der Waals surface area contributed by atoms with Gasteiger partial charge in [0.1, 0.15) is 5.69 Å². The maximum Gasteiger partial charge on any atom is 0.274 e. The number of carbonyl (C=O) groups excluding carboxylic acids is 1. The summed E-state index contributed by atoms with van der Waals surface area (Å²) < 4.78 is 0. The van der Waals surface area contributed by atoms with Crippen molar-refractivity contribution in [2.75, 3.05) is 11.1 Å². The van der Waals surface area contributed by atoms with Crippen molar-refractivity contribution in [2.24, 2.45) is 0 Å². The molecule has 1 aromatic heterocycles. The molecule has 0 saturated carbocycles. The molecule has 18 heavy (non-hydrogen) atoms. The Morgan fingerprint density at radius 1 is 1.33 bits per heavy atom. The molecule has 4 nitrogen and oxygen atoms in total. The summed E-state index contributed by atoms with van der Waals surface area (Å²) in [6, 6.07) is 8.48. The minimum Gasteiger partial charge on any atom is -0.397 e. The first kappa shape index (κ1) is 12.4. The summed E-state index contributed by atoms with van der Waals surface area (Å²) in [5.74, 6) is -0.277. The van der Waals surface area contributed by atoms with Crippen molar-refractivity contribution in [2.45, 2.75) is 6.92 Å². The number of aromatic nitrogens is 1. The predicted molar refractivity (Wildman–Crippen MR) is 72.8 cm³/mol. The fraction of sp³-hybridized carbons (Fsp3) is 0.0769. The van der Waals surface area contributed by atoms with E-state index in [1.54, 1.807) is 30.3 Å². The number of pyridine rings is 1. The number of nitrogens with one attached hydrogen (secondary N) is 1. The van der Waals surface area contributed by atoms with Crippen molar-refractivity contribution >= 4 is 28.9 Å². The van der Waals surface area contributed by atoms with Crippen molar-refractivity contribution in [1.29, 1.82) is 0 Å². The van der Waals surface area contributed by atoms with Crippen LogP contribution in [-0.4, -0.2) is 10.9 Å². The first-order chi connectivity index (χ1) is 8.56. The van der Waals surface area contributed by atoms with Gasteiger partial charge in [0.05, 0.1) is 11.9 Å². The van der Waals surface area contributed by atoms with Crippen molar-refractivity contribution in [3.05, 3.63) is 52.8 Å². The summed E-state index contributed by atoms with van der Waals surface area (Å²) in [6.45, 7) is 1.87. The monoisotopic (exact) mass is 261 g/mol. The van der Waals surface area contributed by atoms with Gasteiger partial charge >= 0.3 is 0 Å². The van der Waals surface area contributed by atoms with Crippen molar-refractivity contribution in [1.82, 2.24) is 4.98 Å². The number of anilines is 2. The van der Waals surface area contributed by atoms with Gasteiger partial charge in [-0.05, 0) is 42.8 Å². The third-order valence-corrected chi connectivity index (χ3v) is 2.69. The van der Waals surface area contributed by atoms with Crippen LogP contribution < -0.4 is 11.1 Å². The van der Waals surface area contributed by atoms with E-state index in [0.717, 1.165) is 5.56 Å². The molecule has 2 aromatic rings. The molecule has 5 heteroatoms. The molecule has 0 unspecified atom stereocenters. The van der Waals surface area contributed by atoms with Gasteiger partial charge in [0.2, 0.25) is 0 Å². The Morgan fingerprint density at radius 2 is 2.11 bits per heavy atom. The number of carbonyl (C=O) groups is 1. The van der Waals surface area contributed by atoms with E-state index in [4.69, 9.17) is 17.3 Å². The largest absolute Gasteiger partial charge is 0.397 e. The normalized spacial score (nSPS) is 10.1. The molecule has 2 rings (SSSR count). The highest BCUT2D eigenvalue weighted by Crippen LogP contribution is 2.20. The number of benzene rings is 1. The molecule has 0 fully saturated rings. The highest BCUT2D eigenvalue weighted by atomic mass is 35.5. The summed E-state index contributed by atoms with van der Waals surface area (Å²) in [7, 11) is 0. The van der Waals surface area contributed by atoms with E-state index >= 15 is 0 Å². The lowest BCUT2D eigenvalue weighted by molar-refractivity contribution is 0.102. The molecule has 0 saturated heterocycles. The van der Waals surface area contributed by atoms with E-state index < -0.39 is 0 Å². The van der Waals surface area contributed by atoms with Crippen LogP contribution >= 0.6 is 11.6 Å². The summed E-state index contributed by atoms with van der Waals surface area (Å²) in [5, 5.41) is 3.41. The zero-order valence-electron chi connectivity index (χ0n) is 9.77. The fourth-order valence-electron chi connectivity index (χ4n) is 1.49. The van der Waals surface area contributed by atoms with E-state index in [9.17, 15) is 4.79 Å². The van der Waals surface area contributed by atoms with Crippen LogP contribution in [0.25, 0.3) is 0 Å². The molecule has 0 bridgehead atoms. The van der Waals surface area contributed by atoms with E-state index in [0.29, 0.717) is 22.1 Å². The molecule has 1 aromatic carbocycles. The number of nitrogens with two attached hydrogens (primary N) is 1. The maximum atomic E-state index is 11.9. The van der Waals surface area contributed by atoms with Crippen LogP contribution in [0.4, 0.5) is 11.4 Å². The molecule has 1 heterocycles. The van der Waals surface area contributed by atoms with Crippen LogP contribution in [0.3, 0.4) is 0 Å². The number of amides is 1. The van der Waals surface area contributed by atoms with E-state index in [2.05, 4.69) is 10.3 Å². The second kappa shape index (κ2) is 5.06. The van der Waals surface area contributed by atoms with E-state index in [1.807, 2.05) is 6.92 Å². The van der Waals surface area contributed by atoms with Gasteiger partial charge < -0.3 is 11.1 Å². The number of nitrogens with zero attached hydrogens (tertiary/aromatic N) is 1. The standard InChI is InChI=1S/C13H12ClN3O/c1-8-6-9(14)2-4-11(8)17-13(18)12-5-3-10(15)7-16-12/h2-7H,15H2,1H3,(H,17,18). The smallest absolute Gasteiger partial charge is 0.274 e. The highest BCUT2D eigenvalue weighted by Gasteiger charge is 2.08. The number of aryl methyl sites for hydroxylation is 1. The molecule has 3 N–H and O–H groups in total. The third kappa shape index (κ3) is 2.78. The van der Waals surface area contributed by atoms with Gasteiger partial charge in [-0.15, -0.1) is 0 Å². The Morgan fingerprint density at radius 3 is 2.72 bits per heavy atom. The first-order valence-electron chi connectivity index (χ1n) is 5.35. The van der Waals surface area contributed by atoms with Crippen LogP contribution in [0, 0.1) is 6.92 Å². The summed E-state index contributed by atoms with van der Waals surface area (Å²) in [5.41, 5.74) is 7.96. The van der Waals surface area contributed by atoms with E-state index in [1.165, 1.54) is 6.20 Å². The maximum absolute atomic E-state index is 11.9. The molecule has 0 aliphatic carbocycles. The van der Waals surface area contributed by atoms with Crippen LogP contribution in [-0.2, 0) is 0 Å². The lowest BCUT2D eigenvalue weighted by atomic mass is 10.2. The van der Waals surface area contributed by atoms with Crippen LogP contribution in [0.1, 0.15) is 16.1 Å². The second-order valence-electron chi connectivity index (χ2n) is 3.89. The van der Waals surface area contributed by atoms with Gasteiger partial charge in [0, 0.05) is 10.7 Å². The van der Waals surface area contributed by atoms with Crippen molar-refractivity contribution in [3.63, 3.8) is 0 Å². The molecule has 0 radical (unpaired) electrons. The molecule has 0 spiro atoms. The highest BCUT2D eigenvalue weighted by molar-refractivity contribution is 6.30. The van der Waals surface area contributed by atoms with Gasteiger partial charge in [-0.1, -0.05) is 11.6 Å². The quantitative estimate of drug-likeness (QED) is 0.873. The number of hydrogen-bond donors (Lipinski definition) is 2. The lowest BCUT2D eigenvalue weighted by Gasteiger charge is -2.08. The zero-order valence-corrected chi connectivity index (χ0v) is 10.5. The number of halogens is 1. The minimum atomic E-state index is -0.277. The topological polar surface area (TPSA) is 68.0 Å². The Kier molecular flexibility index (Phi) is 3.48. The van der Waals surface area contributed by atoms with Crippen LogP contribution in [0.2, 0.25) is 5.02 Å². The lowest BCUT2D eigenvalue weighted by Crippen LogP contribution is -2.14. The van der Waals surface area contributed by atoms with Gasteiger partial charge in [-0.3, -0.25) is 4.79 Å². The fourth-order valence-corrected chi connectivity index (χ4v) is 1.72. The third-order valence-electron chi connectivity index (χ3n) is 2.46. The van der Waals surface area contributed by atoms with Gasteiger partial charge in [-0.25, -0.2) is 4.98 Å². The number of hydrogen-bond acceptors (Lipinski definition) is 3. The average Bonchev–Trinajstić information content (AvgIpc) is 2.33. The van der Waals surface area contributed by atoms with Gasteiger partial charge in [0.15, 0.2) is 0 Å². The average molecular weight is 262 g/mol.